The zero-order valence-corrected chi connectivity index (χ0v) is 18.8. The number of nitrogens with one attached hydrogen (secondary N) is 1. The molecule has 0 spiro atoms. The number of ether oxygens (including phenoxy) is 1. The van der Waals surface area contributed by atoms with E-state index in [-0.39, 0.29) is 36.5 Å². The van der Waals surface area contributed by atoms with E-state index >= 15 is 0 Å². The number of carbonyl (C=O) groups excluding carboxylic acids is 2. The number of anilines is 2. The fourth-order valence-corrected chi connectivity index (χ4v) is 4.40. The van der Waals surface area contributed by atoms with E-state index in [1.165, 1.54) is 6.42 Å². The number of likely N-dealkylation sites (N-methyl/N-ethyl adjacent to an activating group) is 1. The van der Waals surface area contributed by atoms with Crippen molar-refractivity contribution in [1.82, 2.24) is 9.80 Å². The summed E-state index contributed by atoms with van der Waals surface area (Å²) in [6.45, 7) is 9.57. The van der Waals surface area contributed by atoms with Gasteiger partial charge in [-0.05, 0) is 71.3 Å². The van der Waals surface area contributed by atoms with Crippen molar-refractivity contribution in [2.24, 2.45) is 0 Å². The monoisotopic (exact) mass is 416 g/mol. The summed E-state index contributed by atoms with van der Waals surface area (Å²) in [5, 5.41) is 2.95. The van der Waals surface area contributed by atoms with Crippen LogP contribution in [0.2, 0.25) is 0 Å². The Morgan fingerprint density at radius 2 is 1.73 bits per heavy atom. The van der Waals surface area contributed by atoms with Crippen LogP contribution in [0, 0.1) is 0 Å². The SMILES string of the molecule is C[C@H](C(=O)N1[C@H](C)CCC[C@@H]1C)N(C)CC(=O)Nc1ccc(N2CCOCC2)cc1. The molecule has 7 nitrogen and oxygen atoms in total. The second kappa shape index (κ2) is 10.3. The highest BCUT2D eigenvalue weighted by Gasteiger charge is 2.33. The summed E-state index contributed by atoms with van der Waals surface area (Å²) in [5.41, 5.74) is 1.90. The summed E-state index contributed by atoms with van der Waals surface area (Å²) in [4.78, 5) is 31.7. The second-order valence-electron chi connectivity index (χ2n) is 8.66. The van der Waals surface area contributed by atoms with Gasteiger partial charge in [-0.2, -0.15) is 0 Å². The Morgan fingerprint density at radius 3 is 2.33 bits per heavy atom. The number of morpholine rings is 1. The van der Waals surface area contributed by atoms with E-state index in [0.29, 0.717) is 0 Å². The summed E-state index contributed by atoms with van der Waals surface area (Å²) >= 11 is 0. The Hall–Kier alpha value is -2.12. The number of rotatable bonds is 6. The van der Waals surface area contributed by atoms with Crippen LogP contribution in [0.1, 0.15) is 40.0 Å². The van der Waals surface area contributed by atoms with Gasteiger partial charge in [-0.25, -0.2) is 0 Å². The molecule has 2 amide bonds. The largest absolute Gasteiger partial charge is 0.378 e. The van der Waals surface area contributed by atoms with Crippen molar-refractivity contribution in [2.75, 3.05) is 50.1 Å². The smallest absolute Gasteiger partial charge is 0.240 e. The van der Waals surface area contributed by atoms with Gasteiger partial charge in [0.05, 0.1) is 25.8 Å². The van der Waals surface area contributed by atoms with Gasteiger partial charge in [0, 0.05) is 36.5 Å². The minimum atomic E-state index is -0.331. The highest BCUT2D eigenvalue weighted by molar-refractivity contribution is 5.93. The number of benzene rings is 1. The maximum absolute atomic E-state index is 13.0. The summed E-state index contributed by atoms with van der Waals surface area (Å²) in [5.74, 6) is -0.00382. The molecule has 1 aromatic rings. The molecule has 3 atom stereocenters. The van der Waals surface area contributed by atoms with Crippen LogP contribution in [-0.4, -0.2) is 79.6 Å². The van der Waals surface area contributed by atoms with Gasteiger partial charge in [0.2, 0.25) is 11.8 Å². The number of carbonyl (C=O) groups is 2. The lowest BCUT2D eigenvalue weighted by Crippen LogP contribution is -2.54. The molecule has 0 bridgehead atoms. The molecule has 0 saturated carbocycles. The van der Waals surface area contributed by atoms with Crippen molar-refractivity contribution in [3.63, 3.8) is 0 Å². The van der Waals surface area contributed by atoms with Crippen molar-refractivity contribution in [1.29, 1.82) is 0 Å². The molecule has 0 radical (unpaired) electrons. The molecule has 0 unspecified atom stereocenters. The van der Waals surface area contributed by atoms with E-state index in [2.05, 4.69) is 24.1 Å². The van der Waals surface area contributed by atoms with Gasteiger partial charge in [-0.3, -0.25) is 14.5 Å². The molecule has 2 heterocycles. The van der Waals surface area contributed by atoms with Crippen molar-refractivity contribution in [2.45, 2.75) is 58.2 Å². The van der Waals surface area contributed by atoms with E-state index in [1.807, 2.05) is 48.0 Å². The van der Waals surface area contributed by atoms with Crippen molar-refractivity contribution in [3.05, 3.63) is 24.3 Å². The molecule has 2 aliphatic rings. The molecule has 0 aliphatic carbocycles. The van der Waals surface area contributed by atoms with E-state index in [1.54, 1.807) is 0 Å². The van der Waals surface area contributed by atoms with E-state index < -0.39 is 0 Å². The van der Waals surface area contributed by atoms with Crippen LogP contribution < -0.4 is 10.2 Å². The van der Waals surface area contributed by atoms with Gasteiger partial charge < -0.3 is 19.9 Å². The van der Waals surface area contributed by atoms with Crippen molar-refractivity contribution >= 4 is 23.2 Å². The summed E-state index contributed by atoms with van der Waals surface area (Å²) < 4.78 is 5.39. The van der Waals surface area contributed by atoms with Gasteiger partial charge in [0.1, 0.15) is 0 Å². The van der Waals surface area contributed by atoms with Crippen LogP contribution in [0.4, 0.5) is 11.4 Å². The molecule has 0 aromatic heterocycles. The first-order chi connectivity index (χ1) is 14.4. The Kier molecular flexibility index (Phi) is 7.72. The minimum absolute atomic E-state index is 0.111. The molecule has 166 valence electrons. The van der Waals surface area contributed by atoms with Gasteiger partial charge in [-0.1, -0.05) is 0 Å². The van der Waals surface area contributed by atoms with Crippen LogP contribution in [0.5, 0.6) is 0 Å². The van der Waals surface area contributed by atoms with Crippen LogP contribution in [-0.2, 0) is 14.3 Å². The van der Waals surface area contributed by atoms with Crippen molar-refractivity contribution < 1.29 is 14.3 Å². The highest BCUT2D eigenvalue weighted by atomic mass is 16.5. The molecular weight excluding hydrogens is 380 g/mol. The minimum Gasteiger partial charge on any atom is -0.378 e. The maximum Gasteiger partial charge on any atom is 0.240 e. The van der Waals surface area contributed by atoms with Crippen LogP contribution in [0.25, 0.3) is 0 Å². The number of hydrogen-bond donors (Lipinski definition) is 1. The van der Waals surface area contributed by atoms with Crippen LogP contribution >= 0.6 is 0 Å². The second-order valence-corrected chi connectivity index (χ2v) is 8.66. The molecule has 30 heavy (non-hydrogen) atoms. The molecule has 3 rings (SSSR count). The Labute approximate surface area is 180 Å². The topological polar surface area (TPSA) is 65.1 Å². The van der Waals surface area contributed by atoms with Gasteiger partial charge in [0.25, 0.3) is 0 Å². The van der Waals surface area contributed by atoms with Gasteiger partial charge in [0.15, 0.2) is 0 Å². The molecule has 1 aromatic carbocycles. The highest BCUT2D eigenvalue weighted by Crippen LogP contribution is 2.24. The lowest BCUT2D eigenvalue weighted by molar-refractivity contribution is -0.142. The third kappa shape index (κ3) is 5.52. The van der Waals surface area contributed by atoms with E-state index in [9.17, 15) is 9.59 Å². The number of likely N-dealkylation sites (tertiary alicyclic amines) is 1. The number of hydrogen-bond acceptors (Lipinski definition) is 5. The average Bonchev–Trinajstić information content (AvgIpc) is 2.74. The van der Waals surface area contributed by atoms with Crippen LogP contribution in [0.3, 0.4) is 0 Å². The summed E-state index contributed by atoms with van der Waals surface area (Å²) in [6, 6.07) is 8.09. The predicted octanol–water partition coefficient (Wildman–Crippen LogP) is 2.57. The Balaban J connectivity index is 1.51. The third-order valence-electron chi connectivity index (χ3n) is 6.39. The lowest BCUT2D eigenvalue weighted by atomic mass is 9.96. The molecule has 7 heteroatoms. The Morgan fingerprint density at radius 1 is 1.13 bits per heavy atom. The number of nitrogens with zero attached hydrogens (tertiary/aromatic N) is 3. The summed E-state index contributed by atoms with van der Waals surface area (Å²) in [7, 11) is 1.84. The maximum atomic E-state index is 13.0. The molecule has 1 N–H and O–H groups in total. The normalized spacial score (nSPS) is 23.4. The first-order valence-electron chi connectivity index (χ1n) is 11.1. The van der Waals surface area contributed by atoms with Crippen molar-refractivity contribution in [3.8, 4) is 0 Å². The fourth-order valence-electron chi connectivity index (χ4n) is 4.40. The first-order valence-corrected chi connectivity index (χ1v) is 11.1. The standard InChI is InChI=1S/C23H36N4O3/c1-17-6-5-7-18(2)27(17)23(29)19(3)25(4)16-22(28)24-20-8-10-21(11-9-20)26-12-14-30-15-13-26/h8-11,17-19H,5-7,12-16H2,1-4H3,(H,24,28)/t17-,18+,19-/m1/s1. The summed E-state index contributed by atoms with van der Waals surface area (Å²) in [6.07, 6.45) is 3.27. The zero-order chi connectivity index (χ0) is 21.7. The van der Waals surface area contributed by atoms with E-state index in [4.69, 9.17) is 4.74 Å². The van der Waals surface area contributed by atoms with Crippen LogP contribution in [0.15, 0.2) is 24.3 Å². The average molecular weight is 417 g/mol. The number of amides is 2. The lowest BCUT2D eigenvalue weighted by Gasteiger charge is -2.41. The van der Waals surface area contributed by atoms with E-state index in [0.717, 1.165) is 50.5 Å². The molecular formula is C23H36N4O3. The Bertz CT molecular complexity index is 708. The first kappa shape index (κ1) is 22.6. The fraction of sp³-hybridized carbons (Fsp3) is 0.652. The zero-order valence-electron chi connectivity index (χ0n) is 18.8. The van der Waals surface area contributed by atoms with Gasteiger partial charge in [-0.15, -0.1) is 0 Å². The third-order valence-corrected chi connectivity index (χ3v) is 6.39. The molecule has 2 aliphatic heterocycles. The molecule has 2 fully saturated rings. The quantitative estimate of drug-likeness (QED) is 0.772. The van der Waals surface area contributed by atoms with Gasteiger partial charge >= 0.3 is 0 Å². The molecule has 2 saturated heterocycles. The predicted molar refractivity (Wildman–Crippen MR) is 120 cm³/mol. The number of piperidine rings is 1.